The van der Waals surface area contributed by atoms with E-state index in [9.17, 15) is 25.0 Å². The first-order chi connectivity index (χ1) is 8.99. The van der Waals surface area contributed by atoms with Crippen LogP contribution in [0.3, 0.4) is 0 Å². The van der Waals surface area contributed by atoms with E-state index in [1.807, 2.05) is 0 Å². The summed E-state index contributed by atoms with van der Waals surface area (Å²) in [7, 11) is 0. The SMILES string of the molecule is O=C1CCC[C@H]1Cc1ccc([N+](=O)[O-])cc1[N+](=O)[O-]. The van der Waals surface area contributed by atoms with E-state index < -0.39 is 9.85 Å². The third kappa shape index (κ3) is 2.75. The van der Waals surface area contributed by atoms with Gasteiger partial charge < -0.3 is 0 Å². The van der Waals surface area contributed by atoms with Gasteiger partial charge in [-0.2, -0.15) is 0 Å². The van der Waals surface area contributed by atoms with Crippen LogP contribution in [0.25, 0.3) is 0 Å². The highest BCUT2D eigenvalue weighted by molar-refractivity contribution is 5.83. The van der Waals surface area contributed by atoms with Gasteiger partial charge in [0.05, 0.1) is 15.9 Å². The molecule has 1 fully saturated rings. The molecule has 0 radical (unpaired) electrons. The molecule has 0 bridgehead atoms. The van der Waals surface area contributed by atoms with E-state index in [0.29, 0.717) is 12.0 Å². The van der Waals surface area contributed by atoms with Crippen molar-refractivity contribution in [1.82, 2.24) is 0 Å². The lowest BCUT2D eigenvalue weighted by atomic mass is 9.96. The van der Waals surface area contributed by atoms with E-state index in [0.717, 1.165) is 18.9 Å². The number of carbonyl (C=O) groups is 1. The van der Waals surface area contributed by atoms with E-state index in [2.05, 4.69) is 0 Å². The van der Waals surface area contributed by atoms with Crippen LogP contribution in [-0.2, 0) is 11.2 Å². The second kappa shape index (κ2) is 5.13. The Morgan fingerprint density at radius 3 is 2.47 bits per heavy atom. The molecule has 1 aliphatic rings. The summed E-state index contributed by atoms with van der Waals surface area (Å²) in [6.07, 6.45) is 2.34. The second-order valence-corrected chi connectivity index (χ2v) is 4.59. The van der Waals surface area contributed by atoms with Gasteiger partial charge in [-0.1, -0.05) is 0 Å². The maximum Gasteiger partial charge on any atom is 0.279 e. The summed E-state index contributed by atoms with van der Waals surface area (Å²) in [5, 5.41) is 21.6. The van der Waals surface area contributed by atoms with Crippen LogP contribution in [0.4, 0.5) is 11.4 Å². The number of Topliss-reactive ketones (excluding diaryl/α,β-unsaturated/α-hetero) is 1. The maximum atomic E-state index is 11.6. The molecule has 0 saturated heterocycles. The number of nitrogens with zero attached hydrogens (tertiary/aromatic N) is 2. The van der Waals surface area contributed by atoms with E-state index in [1.54, 1.807) is 0 Å². The van der Waals surface area contributed by atoms with Gasteiger partial charge in [0, 0.05) is 24.0 Å². The smallest absolute Gasteiger partial charge is 0.279 e. The number of hydrogen-bond donors (Lipinski definition) is 0. The molecule has 1 atom stereocenters. The molecule has 100 valence electrons. The topological polar surface area (TPSA) is 103 Å². The van der Waals surface area contributed by atoms with Gasteiger partial charge in [0.25, 0.3) is 11.4 Å². The summed E-state index contributed by atoms with van der Waals surface area (Å²) >= 11 is 0. The van der Waals surface area contributed by atoms with Crippen molar-refractivity contribution in [2.75, 3.05) is 0 Å². The van der Waals surface area contributed by atoms with Gasteiger partial charge in [-0.25, -0.2) is 0 Å². The Labute approximate surface area is 108 Å². The first kappa shape index (κ1) is 13.1. The molecule has 0 heterocycles. The van der Waals surface area contributed by atoms with E-state index in [-0.39, 0.29) is 29.5 Å². The summed E-state index contributed by atoms with van der Waals surface area (Å²) in [5.74, 6) is -0.0761. The fourth-order valence-corrected chi connectivity index (χ4v) is 2.38. The molecule has 1 saturated carbocycles. The molecular formula is C12H12N2O5. The van der Waals surface area contributed by atoms with Crippen molar-refractivity contribution in [3.63, 3.8) is 0 Å². The molecular weight excluding hydrogens is 252 g/mol. The Morgan fingerprint density at radius 2 is 1.95 bits per heavy atom. The van der Waals surface area contributed by atoms with E-state index in [1.165, 1.54) is 12.1 Å². The van der Waals surface area contributed by atoms with Crippen molar-refractivity contribution in [3.05, 3.63) is 44.0 Å². The van der Waals surface area contributed by atoms with Crippen LogP contribution in [0.15, 0.2) is 18.2 Å². The zero-order valence-corrected chi connectivity index (χ0v) is 10.1. The molecule has 0 aromatic heterocycles. The van der Waals surface area contributed by atoms with Crippen LogP contribution in [0.5, 0.6) is 0 Å². The highest BCUT2D eigenvalue weighted by Gasteiger charge is 2.28. The Hall–Kier alpha value is -2.31. The summed E-state index contributed by atoms with van der Waals surface area (Å²) < 4.78 is 0. The summed E-state index contributed by atoms with van der Waals surface area (Å²) in [6, 6.07) is 3.57. The molecule has 1 aromatic rings. The Bertz CT molecular complexity index is 555. The maximum absolute atomic E-state index is 11.6. The highest BCUT2D eigenvalue weighted by atomic mass is 16.6. The quantitative estimate of drug-likeness (QED) is 0.613. The third-order valence-corrected chi connectivity index (χ3v) is 3.37. The fraction of sp³-hybridized carbons (Fsp3) is 0.417. The molecule has 0 amide bonds. The Balaban J connectivity index is 2.31. The van der Waals surface area contributed by atoms with Crippen molar-refractivity contribution in [2.45, 2.75) is 25.7 Å². The molecule has 19 heavy (non-hydrogen) atoms. The largest absolute Gasteiger partial charge is 0.299 e. The van der Waals surface area contributed by atoms with Gasteiger partial charge in [-0.3, -0.25) is 25.0 Å². The molecule has 2 rings (SSSR count). The number of carbonyl (C=O) groups excluding carboxylic acids is 1. The number of nitro groups is 2. The molecule has 7 nitrogen and oxygen atoms in total. The van der Waals surface area contributed by atoms with Crippen LogP contribution in [0.1, 0.15) is 24.8 Å². The number of rotatable bonds is 4. The molecule has 1 aromatic carbocycles. The van der Waals surface area contributed by atoms with Crippen molar-refractivity contribution >= 4 is 17.2 Å². The molecule has 0 spiro atoms. The minimum absolute atomic E-state index is 0.118. The lowest BCUT2D eigenvalue weighted by molar-refractivity contribution is -0.394. The third-order valence-electron chi connectivity index (χ3n) is 3.37. The Morgan fingerprint density at radius 1 is 1.21 bits per heavy atom. The first-order valence-electron chi connectivity index (χ1n) is 5.93. The predicted octanol–water partition coefficient (Wildman–Crippen LogP) is 2.41. The standard InChI is InChI=1S/C12H12N2O5/c15-12-3-1-2-9(12)6-8-4-5-10(13(16)17)7-11(8)14(18)19/h4-5,7,9H,1-3,6H2/t9-/m0/s1. The van der Waals surface area contributed by atoms with Gasteiger partial charge in [0.1, 0.15) is 5.78 Å². The Kier molecular flexibility index (Phi) is 3.55. The zero-order valence-electron chi connectivity index (χ0n) is 10.1. The van der Waals surface area contributed by atoms with Crippen molar-refractivity contribution < 1.29 is 14.6 Å². The van der Waals surface area contributed by atoms with Gasteiger partial charge >= 0.3 is 0 Å². The minimum atomic E-state index is -0.669. The number of non-ortho nitro benzene ring substituents is 1. The van der Waals surface area contributed by atoms with Crippen LogP contribution in [0, 0.1) is 26.1 Å². The van der Waals surface area contributed by atoms with Gasteiger partial charge in [-0.05, 0) is 25.3 Å². The molecule has 0 N–H and O–H groups in total. The van der Waals surface area contributed by atoms with Crippen LogP contribution in [0.2, 0.25) is 0 Å². The average Bonchev–Trinajstić information content (AvgIpc) is 2.75. The van der Waals surface area contributed by atoms with Gasteiger partial charge in [0.15, 0.2) is 0 Å². The average molecular weight is 264 g/mol. The lowest BCUT2D eigenvalue weighted by Crippen LogP contribution is -2.11. The monoisotopic (exact) mass is 264 g/mol. The summed E-state index contributed by atoms with van der Waals surface area (Å²) in [4.78, 5) is 31.8. The number of nitro benzene ring substituents is 2. The number of hydrogen-bond acceptors (Lipinski definition) is 5. The summed E-state index contributed by atoms with van der Waals surface area (Å²) in [5.41, 5.74) is -0.210. The van der Waals surface area contributed by atoms with Crippen molar-refractivity contribution in [2.24, 2.45) is 5.92 Å². The normalized spacial score (nSPS) is 18.5. The van der Waals surface area contributed by atoms with Crippen LogP contribution < -0.4 is 0 Å². The first-order valence-corrected chi connectivity index (χ1v) is 5.93. The predicted molar refractivity (Wildman–Crippen MR) is 65.8 cm³/mol. The van der Waals surface area contributed by atoms with Crippen molar-refractivity contribution in [1.29, 1.82) is 0 Å². The zero-order chi connectivity index (χ0) is 14.0. The van der Waals surface area contributed by atoms with E-state index >= 15 is 0 Å². The lowest BCUT2D eigenvalue weighted by Gasteiger charge is -2.08. The van der Waals surface area contributed by atoms with Crippen LogP contribution in [-0.4, -0.2) is 15.6 Å². The fourth-order valence-electron chi connectivity index (χ4n) is 2.38. The van der Waals surface area contributed by atoms with Crippen molar-refractivity contribution in [3.8, 4) is 0 Å². The van der Waals surface area contributed by atoms with Crippen LogP contribution >= 0.6 is 0 Å². The molecule has 0 aliphatic heterocycles. The number of benzene rings is 1. The second-order valence-electron chi connectivity index (χ2n) is 4.59. The van der Waals surface area contributed by atoms with E-state index in [4.69, 9.17) is 0 Å². The molecule has 7 heteroatoms. The minimum Gasteiger partial charge on any atom is -0.299 e. The summed E-state index contributed by atoms with van der Waals surface area (Å²) in [6.45, 7) is 0. The molecule has 1 aliphatic carbocycles. The molecule has 0 unspecified atom stereocenters. The highest BCUT2D eigenvalue weighted by Crippen LogP contribution is 2.31. The van der Waals surface area contributed by atoms with Gasteiger partial charge in [0.2, 0.25) is 0 Å². The number of ketones is 1. The van der Waals surface area contributed by atoms with Gasteiger partial charge in [-0.15, -0.1) is 0 Å².